The molecule has 1 heterocycles. The average Bonchev–Trinajstić information content (AvgIpc) is 2.91. The molecule has 0 aliphatic carbocycles. The highest BCUT2D eigenvalue weighted by atomic mass is 32.2. The van der Waals surface area contributed by atoms with Crippen molar-refractivity contribution in [2.75, 3.05) is 13.1 Å². The Morgan fingerprint density at radius 3 is 2.18 bits per heavy atom. The lowest BCUT2D eigenvalue weighted by Crippen LogP contribution is -2.53. The zero-order valence-electron chi connectivity index (χ0n) is 22.1. The topological polar surface area (TPSA) is 133 Å². The number of aliphatic carboxylic acids is 1. The molecule has 3 N–H and O–H groups in total. The summed E-state index contributed by atoms with van der Waals surface area (Å²) in [5.41, 5.74) is 1.74. The number of carbonyl (C=O) groups excluding carboxylic acids is 2. The van der Waals surface area contributed by atoms with Crippen LogP contribution in [-0.4, -0.2) is 61.4 Å². The maximum Gasteiger partial charge on any atom is 0.326 e. The van der Waals surface area contributed by atoms with Gasteiger partial charge in [-0.25, -0.2) is 13.2 Å². The second-order valence-electron chi connectivity index (χ2n) is 9.99. The molecule has 9 nitrogen and oxygen atoms in total. The summed E-state index contributed by atoms with van der Waals surface area (Å²) in [6, 6.07) is 13.6. The Kier molecular flexibility index (Phi) is 10.0. The molecule has 3 unspecified atom stereocenters. The summed E-state index contributed by atoms with van der Waals surface area (Å²) in [4.78, 5) is 39.6. The Balaban J connectivity index is 1.70. The van der Waals surface area contributed by atoms with Gasteiger partial charge in [0.2, 0.25) is 21.8 Å². The minimum absolute atomic E-state index is 0.0821. The van der Waals surface area contributed by atoms with E-state index in [1.165, 1.54) is 12.1 Å². The Hall–Kier alpha value is -3.24. The third-order valence-electron chi connectivity index (χ3n) is 7.16. The van der Waals surface area contributed by atoms with E-state index in [0.29, 0.717) is 19.3 Å². The number of amides is 2. The number of nitrogens with zero attached hydrogens (tertiary/aromatic N) is 1. The van der Waals surface area contributed by atoms with Crippen LogP contribution >= 0.6 is 0 Å². The first-order valence-electron chi connectivity index (χ1n) is 13.0. The van der Waals surface area contributed by atoms with Gasteiger partial charge in [-0.05, 0) is 49.8 Å². The van der Waals surface area contributed by atoms with Crippen molar-refractivity contribution in [3.63, 3.8) is 0 Å². The number of likely N-dealkylation sites (tertiary alicyclic amines) is 1. The first-order chi connectivity index (χ1) is 18.0. The zero-order chi connectivity index (χ0) is 27.9. The average molecular weight is 544 g/mol. The van der Waals surface area contributed by atoms with Crippen LogP contribution in [0.4, 0.5) is 0 Å². The Bertz CT molecular complexity index is 1210. The van der Waals surface area contributed by atoms with Gasteiger partial charge in [0.25, 0.3) is 0 Å². The highest BCUT2D eigenvalue weighted by Gasteiger charge is 2.35. The molecule has 38 heavy (non-hydrogen) atoms. The van der Waals surface area contributed by atoms with Crippen LogP contribution in [-0.2, 0) is 30.8 Å². The Labute approximate surface area is 224 Å². The van der Waals surface area contributed by atoms with Crippen molar-refractivity contribution in [3.05, 3.63) is 65.7 Å². The summed E-state index contributed by atoms with van der Waals surface area (Å²) in [5, 5.41) is 12.1. The van der Waals surface area contributed by atoms with Gasteiger partial charge in [0.05, 0.1) is 4.90 Å². The lowest BCUT2D eigenvalue weighted by Gasteiger charge is -2.34. The molecule has 1 saturated heterocycles. The number of carboxylic acids is 1. The Morgan fingerprint density at radius 1 is 1.03 bits per heavy atom. The van der Waals surface area contributed by atoms with Crippen LogP contribution in [0.5, 0.6) is 0 Å². The summed E-state index contributed by atoms with van der Waals surface area (Å²) in [6.45, 7) is 6.06. The van der Waals surface area contributed by atoms with Gasteiger partial charge in [-0.3, -0.25) is 9.59 Å². The number of nitrogens with one attached hydrogen (secondary N) is 2. The van der Waals surface area contributed by atoms with Gasteiger partial charge in [-0.1, -0.05) is 68.3 Å². The van der Waals surface area contributed by atoms with E-state index >= 15 is 0 Å². The van der Waals surface area contributed by atoms with Crippen LogP contribution in [0.3, 0.4) is 0 Å². The molecule has 3 atom stereocenters. The molecule has 2 aromatic carbocycles. The Morgan fingerprint density at radius 2 is 1.63 bits per heavy atom. The van der Waals surface area contributed by atoms with Crippen LogP contribution in [0.15, 0.2) is 59.5 Å². The third kappa shape index (κ3) is 7.64. The molecule has 0 aromatic heterocycles. The van der Waals surface area contributed by atoms with Gasteiger partial charge in [-0.15, -0.1) is 0 Å². The lowest BCUT2D eigenvalue weighted by atomic mass is 9.93. The number of carbonyl (C=O) groups is 3. The van der Waals surface area contributed by atoms with Gasteiger partial charge >= 0.3 is 5.97 Å². The van der Waals surface area contributed by atoms with Crippen LogP contribution in [0, 0.1) is 18.8 Å². The second kappa shape index (κ2) is 13.0. The fourth-order valence-corrected chi connectivity index (χ4v) is 5.73. The first-order valence-corrected chi connectivity index (χ1v) is 14.4. The zero-order valence-corrected chi connectivity index (χ0v) is 22.9. The van der Waals surface area contributed by atoms with Crippen molar-refractivity contribution in [2.24, 2.45) is 11.8 Å². The van der Waals surface area contributed by atoms with E-state index in [9.17, 15) is 27.9 Å². The maximum absolute atomic E-state index is 13.6. The third-order valence-corrected chi connectivity index (χ3v) is 8.65. The summed E-state index contributed by atoms with van der Waals surface area (Å²) in [6.07, 6.45) is 1.53. The maximum atomic E-state index is 13.6. The largest absolute Gasteiger partial charge is 0.480 e. The van der Waals surface area contributed by atoms with E-state index in [1.807, 2.05) is 44.2 Å². The molecule has 206 valence electrons. The van der Waals surface area contributed by atoms with Gasteiger partial charge in [0.1, 0.15) is 12.1 Å². The fraction of sp³-hybridized carbons (Fsp3) is 0.464. The predicted octanol–water partition coefficient (Wildman–Crippen LogP) is 2.74. The molecule has 0 bridgehead atoms. The molecule has 2 amide bonds. The molecular formula is C28H37N3O6S. The second-order valence-corrected chi connectivity index (χ2v) is 11.7. The van der Waals surface area contributed by atoms with Crippen molar-refractivity contribution in [1.29, 1.82) is 0 Å². The van der Waals surface area contributed by atoms with E-state index in [-0.39, 0.29) is 42.1 Å². The molecule has 1 aliphatic rings. The molecule has 3 rings (SSSR count). The van der Waals surface area contributed by atoms with Crippen molar-refractivity contribution >= 4 is 27.8 Å². The van der Waals surface area contributed by atoms with Gasteiger partial charge < -0.3 is 15.3 Å². The van der Waals surface area contributed by atoms with Crippen molar-refractivity contribution < 1.29 is 27.9 Å². The number of benzene rings is 2. The van der Waals surface area contributed by atoms with Crippen LogP contribution in [0.25, 0.3) is 0 Å². The van der Waals surface area contributed by atoms with E-state index in [2.05, 4.69) is 10.0 Å². The number of aryl methyl sites for hydroxylation is 1. The van der Waals surface area contributed by atoms with Gasteiger partial charge in [-0.2, -0.15) is 4.72 Å². The summed E-state index contributed by atoms with van der Waals surface area (Å²) in [7, 11) is -3.95. The number of rotatable bonds is 11. The quantitative estimate of drug-likeness (QED) is 0.399. The van der Waals surface area contributed by atoms with E-state index < -0.39 is 34.0 Å². The minimum atomic E-state index is -3.95. The fourth-order valence-electron chi connectivity index (χ4n) is 4.54. The molecule has 1 aliphatic heterocycles. The highest BCUT2D eigenvalue weighted by Crippen LogP contribution is 2.21. The normalized spacial score (nSPS) is 16.9. The summed E-state index contributed by atoms with van der Waals surface area (Å²) >= 11 is 0. The molecule has 1 fully saturated rings. The van der Waals surface area contributed by atoms with Crippen molar-refractivity contribution in [3.8, 4) is 0 Å². The number of hydrogen-bond donors (Lipinski definition) is 3. The number of carboxylic acid groups (broad SMARTS) is 1. The summed E-state index contributed by atoms with van der Waals surface area (Å²) < 4.78 is 28.9. The highest BCUT2D eigenvalue weighted by molar-refractivity contribution is 7.89. The standard InChI is InChI=1S/C28H37N3O6S/c1-4-20(3)25(28(34)35)29-26(32)22-14-16-31(17-15-22)27(33)24(18-21-8-6-5-7-9-21)30-38(36,37)23-12-10-19(2)11-13-23/h5-13,20,22,24-25,30H,4,14-18H2,1-3H3,(H,29,32)(H,34,35). The van der Waals surface area contributed by atoms with Crippen LogP contribution in [0.1, 0.15) is 44.2 Å². The molecule has 2 aromatic rings. The van der Waals surface area contributed by atoms with Crippen LogP contribution in [0.2, 0.25) is 0 Å². The predicted molar refractivity (Wildman–Crippen MR) is 144 cm³/mol. The van der Waals surface area contributed by atoms with Crippen molar-refractivity contribution in [1.82, 2.24) is 14.9 Å². The van der Waals surface area contributed by atoms with Crippen molar-refractivity contribution in [2.45, 2.75) is 63.4 Å². The molecule has 0 spiro atoms. The smallest absolute Gasteiger partial charge is 0.326 e. The van der Waals surface area contributed by atoms with E-state index in [1.54, 1.807) is 24.0 Å². The molecule has 0 radical (unpaired) electrons. The van der Waals surface area contributed by atoms with E-state index in [0.717, 1.165) is 11.1 Å². The summed E-state index contributed by atoms with van der Waals surface area (Å²) in [5.74, 6) is -2.37. The number of sulfonamides is 1. The molecule has 0 saturated carbocycles. The van der Waals surface area contributed by atoms with E-state index in [4.69, 9.17) is 0 Å². The molecular weight excluding hydrogens is 506 g/mol. The molecule has 10 heteroatoms. The van der Waals surface area contributed by atoms with Gasteiger partial charge in [0.15, 0.2) is 0 Å². The number of hydrogen-bond acceptors (Lipinski definition) is 5. The van der Waals surface area contributed by atoms with Crippen LogP contribution < -0.4 is 10.0 Å². The number of piperidine rings is 1. The first kappa shape index (κ1) is 29.3. The van der Waals surface area contributed by atoms with Gasteiger partial charge in [0, 0.05) is 19.0 Å². The lowest BCUT2D eigenvalue weighted by molar-refractivity contribution is -0.144. The minimum Gasteiger partial charge on any atom is -0.480 e. The monoisotopic (exact) mass is 543 g/mol. The SMILES string of the molecule is CCC(C)C(NC(=O)C1CCN(C(=O)C(Cc2ccccc2)NS(=O)(=O)c2ccc(C)cc2)CC1)C(=O)O.